The van der Waals surface area contributed by atoms with E-state index in [1.165, 1.54) is 0 Å². The van der Waals surface area contributed by atoms with Crippen LogP contribution in [0.15, 0.2) is 6.20 Å². The molecule has 1 amide bonds. The Hall–Kier alpha value is -1.36. The van der Waals surface area contributed by atoms with E-state index < -0.39 is 0 Å². The number of carbonyl (C=O) groups excluding carboxylic acids is 1. The highest BCUT2D eigenvalue weighted by Gasteiger charge is 2.07. The maximum absolute atomic E-state index is 11.2. The van der Waals surface area contributed by atoms with Gasteiger partial charge in [0, 0.05) is 18.0 Å². The van der Waals surface area contributed by atoms with Gasteiger partial charge < -0.3 is 11.1 Å². The zero-order valence-electron chi connectivity index (χ0n) is 7.79. The van der Waals surface area contributed by atoms with Gasteiger partial charge in [0.15, 0.2) is 0 Å². The highest BCUT2D eigenvalue weighted by molar-refractivity contribution is 5.90. The minimum Gasteiger partial charge on any atom is -0.327 e. The van der Waals surface area contributed by atoms with Crippen LogP contribution in [0.3, 0.4) is 0 Å². The lowest BCUT2D eigenvalue weighted by Gasteiger charge is -2.05. The van der Waals surface area contributed by atoms with Crippen LogP contribution in [0.4, 0.5) is 5.82 Å². The number of aryl methyl sites for hydroxylation is 1. The lowest BCUT2D eigenvalue weighted by atomic mass is 10.2. The van der Waals surface area contributed by atoms with Crippen molar-refractivity contribution in [2.24, 2.45) is 5.73 Å². The molecule has 1 rings (SSSR count). The first kappa shape index (κ1) is 9.73. The number of nitrogens with one attached hydrogen (secondary N) is 2. The average molecular weight is 182 g/mol. The Kier molecular flexibility index (Phi) is 3.02. The first-order chi connectivity index (χ1) is 6.09. The lowest BCUT2D eigenvalue weighted by molar-refractivity contribution is -0.116. The maximum atomic E-state index is 11.2. The van der Waals surface area contributed by atoms with Crippen LogP contribution in [0.5, 0.6) is 0 Å². The molecule has 0 bridgehead atoms. The molecule has 0 spiro atoms. The molecule has 0 radical (unpaired) electrons. The van der Waals surface area contributed by atoms with Crippen LogP contribution in [-0.2, 0) is 4.79 Å². The van der Waals surface area contributed by atoms with E-state index >= 15 is 0 Å². The molecule has 0 aromatic carbocycles. The van der Waals surface area contributed by atoms with Gasteiger partial charge in [0.1, 0.15) is 5.82 Å². The molecular weight excluding hydrogens is 168 g/mol. The van der Waals surface area contributed by atoms with Crippen molar-refractivity contribution in [1.82, 2.24) is 10.2 Å². The first-order valence-electron chi connectivity index (χ1n) is 4.15. The number of carbonyl (C=O) groups is 1. The smallest absolute Gasteiger partial charge is 0.227 e. The summed E-state index contributed by atoms with van der Waals surface area (Å²) in [4.78, 5) is 11.2. The molecule has 13 heavy (non-hydrogen) atoms. The third-order valence-corrected chi connectivity index (χ3v) is 1.60. The fraction of sp³-hybridized carbons (Fsp3) is 0.500. The fourth-order valence-electron chi connectivity index (χ4n) is 0.956. The summed E-state index contributed by atoms with van der Waals surface area (Å²) in [6, 6.07) is -0.122. The molecule has 0 aliphatic carbocycles. The van der Waals surface area contributed by atoms with Gasteiger partial charge in [0.25, 0.3) is 0 Å². The summed E-state index contributed by atoms with van der Waals surface area (Å²) >= 11 is 0. The topological polar surface area (TPSA) is 83.8 Å². The molecule has 72 valence electrons. The van der Waals surface area contributed by atoms with Gasteiger partial charge in [-0.25, -0.2) is 0 Å². The van der Waals surface area contributed by atoms with Gasteiger partial charge in [-0.15, -0.1) is 0 Å². The number of rotatable bonds is 3. The largest absolute Gasteiger partial charge is 0.327 e. The number of aromatic nitrogens is 2. The molecule has 0 aliphatic rings. The molecule has 1 unspecified atom stereocenters. The third kappa shape index (κ3) is 2.87. The Morgan fingerprint density at radius 2 is 2.54 bits per heavy atom. The van der Waals surface area contributed by atoms with Gasteiger partial charge in [-0.1, -0.05) is 0 Å². The monoisotopic (exact) mass is 182 g/mol. The molecule has 0 fully saturated rings. The van der Waals surface area contributed by atoms with Crippen LogP contribution in [0, 0.1) is 6.92 Å². The van der Waals surface area contributed by atoms with Crippen molar-refractivity contribution >= 4 is 11.7 Å². The van der Waals surface area contributed by atoms with E-state index in [1.54, 1.807) is 13.1 Å². The van der Waals surface area contributed by atoms with Gasteiger partial charge >= 0.3 is 0 Å². The second kappa shape index (κ2) is 4.04. The standard InChI is InChI=1S/C8H14N4O/c1-5-4-10-12-8(5)11-7(13)3-6(2)9/h4,6H,3,9H2,1-2H3,(H2,10,11,12,13). The molecule has 0 saturated carbocycles. The van der Waals surface area contributed by atoms with Crippen molar-refractivity contribution in [2.45, 2.75) is 26.3 Å². The Morgan fingerprint density at radius 1 is 1.85 bits per heavy atom. The van der Waals surface area contributed by atoms with Crippen molar-refractivity contribution in [3.8, 4) is 0 Å². The van der Waals surface area contributed by atoms with Crippen molar-refractivity contribution in [3.05, 3.63) is 11.8 Å². The molecule has 1 aromatic rings. The van der Waals surface area contributed by atoms with Gasteiger partial charge in [-0.05, 0) is 13.8 Å². The average Bonchev–Trinajstić information content (AvgIpc) is 2.34. The summed E-state index contributed by atoms with van der Waals surface area (Å²) in [5, 5.41) is 9.15. The molecule has 1 aromatic heterocycles. The van der Waals surface area contributed by atoms with E-state index in [1.807, 2.05) is 6.92 Å². The SMILES string of the molecule is Cc1cn[nH]c1NC(=O)CC(C)N. The van der Waals surface area contributed by atoms with Crippen molar-refractivity contribution < 1.29 is 4.79 Å². The Bertz CT molecular complexity index is 292. The fourth-order valence-corrected chi connectivity index (χ4v) is 0.956. The summed E-state index contributed by atoms with van der Waals surface area (Å²) < 4.78 is 0. The normalized spacial score (nSPS) is 12.5. The zero-order chi connectivity index (χ0) is 9.84. The molecule has 5 heteroatoms. The Labute approximate surface area is 76.7 Å². The van der Waals surface area contributed by atoms with Crippen molar-refractivity contribution in [3.63, 3.8) is 0 Å². The van der Waals surface area contributed by atoms with Crippen LogP contribution in [0.25, 0.3) is 0 Å². The van der Waals surface area contributed by atoms with E-state index in [2.05, 4.69) is 15.5 Å². The minimum absolute atomic E-state index is 0.0950. The molecule has 1 heterocycles. The van der Waals surface area contributed by atoms with Gasteiger partial charge in [-0.3, -0.25) is 9.89 Å². The van der Waals surface area contributed by atoms with Crippen LogP contribution in [0.2, 0.25) is 0 Å². The molecule has 4 N–H and O–H groups in total. The number of nitrogens with two attached hydrogens (primary N) is 1. The molecule has 0 aliphatic heterocycles. The summed E-state index contributed by atoms with van der Waals surface area (Å²) in [6.45, 7) is 3.66. The van der Waals surface area contributed by atoms with E-state index in [0.717, 1.165) is 5.56 Å². The van der Waals surface area contributed by atoms with E-state index in [4.69, 9.17) is 5.73 Å². The number of anilines is 1. The zero-order valence-corrected chi connectivity index (χ0v) is 7.79. The summed E-state index contributed by atoms with van der Waals surface area (Å²) in [6.07, 6.45) is 1.97. The summed E-state index contributed by atoms with van der Waals surface area (Å²) in [5.74, 6) is 0.549. The second-order valence-corrected chi connectivity index (χ2v) is 3.16. The van der Waals surface area contributed by atoms with E-state index in [9.17, 15) is 4.79 Å². The maximum Gasteiger partial charge on any atom is 0.227 e. The summed E-state index contributed by atoms with van der Waals surface area (Å²) in [7, 11) is 0. The number of aromatic amines is 1. The highest BCUT2D eigenvalue weighted by Crippen LogP contribution is 2.08. The minimum atomic E-state index is -0.122. The molecular formula is C8H14N4O. The molecule has 5 nitrogen and oxygen atoms in total. The Balaban J connectivity index is 2.50. The van der Waals surface area contributed by atoms with Crippen LogP contribution in [0.1, 0.15) is 18.9 Å². The van der Waals surface area contributed by atoms with Crippen molar-refractivity contribution in [1.29, 1.82) is 0 Å². The van der Waals surface area contributed by atoms with Gasteiger partial charge in [-0.2, -0.15) is 5.10 Å². The predicted molar refractivity (Wildman–Crippen MR) is 50.2 cm³/mol. The number of hydrogen-bond donors (Lipinski definition) is 3. The predicted octanol–water partition coefficient (Wildman–Crippen LogP) is 0.394. The quantitative estimate of drug-likeness (QED) is 0.632. The van der Waals surface area contributed by atoms with Crippen LogP contribution in [-0.4, -0.2) is 22.1 Å². The molecule has 1 atom stereocenters. The van der Waals surface area contributed by atoms with Gasteiger partial charge in [0.2, 0.25) is 5.91 Å². The number of H-pyrrole nitrogens is 1. The number of nitrogens with zero attached hydrogens (tertiary/aromatic N) is 1. The third-order valence-electron chi connectivity index (χ3n) is 1.60. The van der Waals surface area contributed by atoms with E-state index in [0.29, 0.717) is 12.2 Å². The Morgan fingerprint density at radius 3 is 3.00 bits per heavy atom. The first-order valence-corrected chi connectivity index (χ1v) is 4.15. The van der Waals surface area contributed by atoms with Crippen LogP contribution >= 0.6 is 0 Å². The highest BCUT2D eigenvalue weighted by atomic mass is 16.1. The lowest BCUT2D eigenvalue weighted by Crippen LogP contribution is -2.24. The summed E-state index contributed by atoms with van der Waals surface area (Å²) in [5.41, 5.74) is 6.39. The molecule has 0 saturated heterocycles. The van der Waals surface area contributed by atoms with Crippen molar-refractivity contribution in [2.75, 3.05) is 5.32 Å². The second-order valence-electron chi connectivity index (χ2n) is 3.16. The van der Waals surface area contributed by atoms with E-state index in [-0.39, 0.29) is 11.9 Å². The number of hydrogen-bond acceptors (Lipinski definition) is 3. The number of amides is 1. The van der Waals surface area contributed by atoms with Crippen LogP contribution < -0.4 is 11.1 Å². The van der Waals surface area contributed by atoms with Gasteiger partial charge in [0.05, 0.1) is 6.20 Å².